The molecule has 1 heterocycles. The molecule has 140 valence electrons. The number of rotatable bonds is 6. The van der Waals surface area contributed by atoms with Crippen molar-refractivity contribution in [2.75, 3.05) is 6.61 Å². The first kappa shape index (κ1) is 18.1. The maximum atomic E-state index is 12.2. The van der Waals surface area contributed by atoms with E-state index in [0.717, 1.165) is 27.2 Å². The monoisotopic (exact) mass is 380 g/mol. The van der Waals surface area contributed by atoms with Crippen LogP contribution in [-0.4, -0.2) is 17.5 Å². The molecule has 3 aromatic rings. The Bertz CT molecular complexity index is 917. The summed E-state index contributed by atoms with van der Waals surface area (Å²) in [6.07, 6.45) is 4.87. The van der Waals surface area contributed by atoms with E-state index in [4.69, 9.17) is 4.74 Å². The van der Waals surface area contributed by atoms with Crippen molar-refractivity contribution in [3.63, 3.8) is 0 Å². The van der Waals surface area contributed by atoms with Crippen LogP contribution in [0.25, 0.3) is 10.2 Å². The summed E-state index contributed by atoms with van der Waals surface area (Å²) >= 11 is 1.60. The Morgan fingerprint density at radius 1 is 1.19 bits per heavy atom. The van der Waals surface area contributed by atoms with E-state index in [9.17, 15) is 4.79 Å². The Hall–Kier alpha value is -2.24. The number of hydrogen-bond acceptors (Lipinski definition) is 4. The molecule has 0 spiro atoms. The third-order valence-corrected chi connectivity index (χ3v) is 6.06. The fourth-order valence-electron chi connectivity index (χ4n) is 3.60. The number of hydrogen-bond donors (Lipinski definition) is 1. The lowest BCUT2D eigenvalue weighted by Gasteiger charge is -2.20. The summed E-state index contributed by atoms with van der Waals surface area (Å²) in [5, 5.41) is 3.93. The first-order valence-corrected chi connectivity index (χ1v) is 10.3. The zero-order valence-corrected chi connectivity index (χ0v) is 16.3. The topological polar surface area (TPSA) is 51.2 Å². The molecule has 0 bridgehead atoms. The number of fused-ring (bicyclic) bond motifs is 2. The van der Waals surface area contributed by atoms with Crippen molar-refractivity contribution in [2.45, 2.75) is 45.3 Å². The fourth-order valence-corrected chi connectivity index (χ4v) is 4.51. The fraction of sp³-hybridized carbons (Fsp3) is 0.364. The third-order valence-electron chi connectivity index (χ3n) is 5.05. The second-order valence-corrected chi connectivity index (χ2v) is 8.21. The van der Waals surface area contributed by atoms with Gasteiger partial charge in [0.15, 0.2) is 0 Å². The van der Waals surface area contributed by atoms with Crippen molar-refractivity contribution in [2.24, 2.45) is 0 Å². The molecule has 1 atom stereocenters. The van der Waals surface area contributed by atoms with Crippen LogP contribution in [0.3, 0.4) is 0 Å². The highest BCUT2D eigenvalue weighted by atomic mass is 32.1. The molecule has 1 unspecified atom stereocenters. The first-order chi connectivity index (χ1) is 13.2. The molecule has 5 heteroatoms. The summed E-state index contributed by atoms with van der Waals surface area (Å²) in [5.41, 5.74) is 5.04. The van der Waals surface area contributed by atoms with Crippen LogP contribution >= 0.6 is 11.3 Å². The first-order valence-electron chi connectivity index (χ1n) is 9.52. The Balaban J connectivity index is 1.28. The number of carbonyl (C=O) groups is 1. The molecule has 2 aromatic carbocycles. The van der Waals surface area contributed by atoms with Gasteiger partial charge in [0.1, 0.15) is 11.6 Å². The molecule has 0 aliphatic heterocycles. The number of nitrogens with zero attached hydrogens (tertiary/aromatic N) is 1. The standard InChI is InChI=1S/C22H24N2O2S/c1-15(17-11-10-16-6-2-3-7-18(16)12-17)23-21(25)13-26-14-22-24-19-8-4-5-9-20(19)27-22/h4-5,8-12,15H,2-3,6-7,13-14H2,1H3,(H,23,25). The normalized spacial score (nSPS) is 14.7. The van der Waals surface area contributed by atoms with Crippen LogP contribution < -0.4 is 5.32 Å². The second kappa shape index (κ2) is 8.19. The van der Waals surface area contributed by atoms with Gasteiger partial charge >= 0.3 is 0 Å². The van der Waals surface area contributed by atoms with Gasteiger partial charge in [0.25, 0.3) is 0 Å². The van der Waals surface area contributed by atoms with E-state index in [1.165, 1.54) is 30.4 Å². The Morgan fingerprint density at radius 3 is 2.85 bits per heavy atom. The number of benzene rings is 2. The van der Waals surface area contributed by atoms with Gasteiger partial charge in [0, 0.05) is 0 Å². The van der Waals surface area contributed by atoms with Crippen molar-refractivity contribution in [3.8, 4) is 0 Å². The van der Waals surface area contributed by atoms with Crippen LogP contribution in [0.5, 0.6) is 0 Å². The van der Waals surface area contributed by atoms with E-state index < -0.39 is 0 Å². The van der Waals surface area contributed by atoms with E-state index in [2.05, 4.69) is 28.5 Å². The second-order valence-electron chi connectivity index (χ2n) is 7.09. The van der Waals surface area contributed by atoms with Crippen LogP contribution in [0.2, 0.25) is 0 Å². The minimum Gasteiger partial charge on any atom is -0.364 e. The molecule has 4 nitrogen and oxygen atoms in total. The van der Waals surface area contributed by atoms with Crippen LogP contribution in [-0.2, 0) is 29.0 Å². The number of aromatic nitrogens is 1. The van der Waals surface area contributed by atoms with Gasteiger partial charge in [-0.05, 0) is 61.4 Å². The predicted octanol–water partition coefficient (Wildman–Crippen LogP) is 4.57. The average Bonchev–Trinajstić information content (AvgIpc) is 3.10. The molecule has 0 fully saturated rings. The summed E-state index contributed by atoms with van der Waals surface area (Å²) < 4.78 is 6.71. The SMILES string of the molecule is CC(NC(=O)COCc1nc2ccccc2s1)c1ccc2c(c1)CCCC2. The Morgan fingerprint density at radius 2 is 2.00 bits per heavy atom. The molecular formula is C22H24N2O2S. The van der Waals surface area contributed by atoms with Gasteiger partial charge in [0.05, 0.1) is 22.9 Å². The summed E-state index contributed by atoms with van der Waals surface area (Å²) in [5.74, 6) is -0.0960. The zero-order valence-electron chi connectivity index (χ0n) is 15.5. The van der Waals surface area contributed by atoms with Crippen molar-refractivity contribution in [1.29, 1.82) is 0 Å². The molecule has 1 N–H and O–H groups in total. The zero-order chi connectivity index (χ0) is 18.6. The van der Waals surface area contributed by atoms with Gasteiger partial charge in [-0.2, -0.15) is 0 Å². The number of aryl methyl sites for hydroxylation is 2. The highest BCUT2D eigenvalue weighted by molar-refractivity contribution is 7.18. The van der Waals surface area contributed by atoms with Crippen molar-refractivity contribution in [1.82, 2.24) is 10.3 Å². The summed E-state index contributed by atoms with van der Waals surface area (Å²) in [7, 11) is 0. The maximum Gasteiger partial charge on any atom is 0.246 e. The number of thiazole rings is 1. The molecule has 0 radical (unpaired) electrons. The minimum absolute atomic E-state index is 0.0178. The molecule has 27 heavy (non-hydrogen) atoms. The Kier molecular flexibility index (Phi) is 5.50. The number of para-hydroxylation sites is 1. The van der Waals surface area contributed by atoms with Gasteiger partial charge in [0.2, 0.25) is 5.91 Å². The quantitative estimate of drug-likeness (QED) is 0.681. The lowest BCUT2D eigenvalue weighted by atomic mass is 9.89. The molecule has 4 rings (SSSR count). The van der Waals surface area contributed by atoms with E-state index in [1.807, 2.05) is 31.2 Å². The third kappa shape index (κ3) is 4.37. The van der Waals surface area contributed by atoms with Gasteiger partial charge < -0.3 is 10.1 Å². The highest BCUT2D eigenvalue weighted by Gasteiger charge is 2.14. The van der Waals surface area contributed by atoms with E-state index >= 15 is 0 Å². The van der Waals surface area contributed by atoms with Crippen molar-refractivity contribution in [3.05, 3.63) is 64.2 Å². The number of ether oxygens (including phenoxy) is 1. The predicted molar refractivity (Wildman–Crippen MR) is 109 cm³/mol. The summed E-state index contributed by atoms with van der Waals surface area (Å²) in [6.45, 7) is 2.43. The highest BCUT2D eigenvalue weighted by Crippen LogP contribution is 2.25. The van der Waals surface area contributed by atoms with Crippen molar-refractivity contribution < 1.29 is 9.53 Å². The van der Waals surface area contributed by atoms with Crippen LogP contribution in [0.4, 0.5) is 0 Å². The number of nitrogens with one attached hydrogen (secondary N) is 1. The lowest BCUT2D eigenvalue weighted by Crippen LogP contribution is -2.30. The number of carbonyl (C=O) groups excluding carboxylic acids is 1. The minimum atomic E-state index is -0.0960. The number of amides is 1. The van der Waals surface area contributed by atoms with E-state index in [-0.39, 0.29) is 18.6 Å². The van der Waals surface area contributed by atoms with Crippen molar-refractivity contribution >= 4 is 27.5 Å². The van der Waals surface area contributed by atoms with Gasteiger partial charge in [-0.1, -0.05) is 30.3 Å². The van der Waals surface area contributed by atoms with E-state index in [0.29, 0.717) is 6.61 Å². The molecule has 1 amide bonds. The van der Waals surface area contributed by atoms with Crippen LogP contribution in [0.1, 0.15) is 47.5 Å². The van der Waals surface area contributed by atoms with Gasteiger partial charge in [-0.15, -0.1) is 11.3 Å². The average molecular weight is 381 g/mol. The van der Waals surface area contributed by atoms with E-state index in [1.54, 1.807) is 11.3 Å². The summed E-state index contributed by atoms with van der Waals surface area (Å²) in [4.78, 5) is 16.7. The molecule has 0 saturated carbocycles. The van der Waals surface area contributed by atoms with Crippen LogP contribution in [0.15, 0.2) is 42.5 Å². The molecule has 0 saturated heterocycles. The van der Waals surface area contributed by atoms with Gasteiger partial charge in [-0.25, -0.2) is 4.98 Å². The summed E-state index contributed by atoms with van der Waals surface area (Å²) in [6, 6.07) is 14.6. The molecule has 1 aliphatic rings. The smallest absolute Gasteiger partial charge is 0.246 e. The van der Waals surface area contributed by atoms with Gasteiger partial charge in [-0.3, -0.25) is 4.79 Å². The Labute approximate surface area is 163 Å². The lowest BCUT2D eigenvalue weighted by molar-refractivity contribution is -0.126. The molecule has 1 aromatic heterocycles. The molecule has 1 aliphatic carbocycles. The molecular weight excluding hydrogens is 356 g/mol. The largest absolute Gasteiger partial charge is 0.364 e. The van der Waals surface area contributed by atoms with Crippen LogP contribution in [0, 0.1) is 0 Å². The maximum absolute atomic E-state index is 12.2.